The van der Waals surface area contributed by atoms with Gasteiger partial charge in [0.15, 0.2) is 0 Å². The van der Waals surface area contributed by atoms with Crippen molar-refractivity contribution in [2.45, 2.75) is 30.1 Å². The largest absolute Gasteiger partial charge is 0.383 e. The average Bonchev–Trinajstić information content (AvgIpc) is 2.50. The Morgan fingerprint density at radius 1 is 1.71 bits per heavy atom. The Bertz CT molecular complexity index is 298. The summed E-state index contributed by atoms with van der Waals surface area (Å²) in [5.74, 6) is 0. The monoisotopic (exact) mass is 259 g/mol. The number of ether oxygens (including phenoxy) is 1. The van der Waals surface area contributed by atoms with Gasteiger partial charge in [0.1, 0.15) is 0 Å². The third kappa shape index (κ3) is 1.83. The van der Waals surface area contributed by atoms with E-state index in [0.717, 1.165) is 5.69 Å². The molecule has 1 saturated carbocycles. The molecule has 0 aliphatic heterocycles. The Kier molecular flexibility index (Phi) is 3.18. The van der Waals surface area contributed by atoms with Gasteiger partial charge in [0, 0.05) is 7.11 Å². The van der Waals surface area contributed by atoms with Gasteiger partial charge in [-0.3, -0.25) is 0 Å². The zero-order valence-corrected chi connectivity index (χ0v) is 9.77. The Morgan fingerprint density at radius 3 is 3.07 bits per heavy atom. The number of aromatic nitrogens is 3. The van der Waals surface area contributed by atoms with Crippen molar-refractivity contribution in [2.75, 3.05) is 13.7 Å². The molecule has 2 rings (SSSR count). The smallest absolute Gasteiger partial charge is 0.0814 e. The molecule has 0 radical (unpaired) electrons. The van der Waals surface area contributed by atoms with Gasteiger partial charge >= 0.3 is 0 Å². The van der Waals surface area contributed by atoms with E-state index in [4.69, 9.17) is 4.74 Å². The first kappa shape index (κ1) is 10.1. The lowest BCUT2D eigenvalue weighted by Gasteiger charge is -2.27. The molecule has 1 aliphatic rings. The molecular formula is C9H14BrN3O. The Morgan fingerprint density at radius 2 is 2.50 bits per heavy atom. The maximum Gasteiger partial charge on any atom is 0.0814 e. The highest BCUT2D eigenvalue weighted by molar-refractivity contribution is 9.09. The maximum atomic E-state index is 5.10. The zero-order chi connectivity index (χ0) is 9.97. The van der Waals surface area contributed by atoms with Crippen molar-refractivity contribution in [3.8, 4) is 0 Å². The van der Waals surface area contributed by atoms with Gasteiger partial charge in [0.25, 0.3) is 0 Å². The summed E-state index contributed by atoms with van der Waals surface area (Å²) in [6.45, 7) is 0.653. The summed E-state index contributed by atoms with van der Waals surface area (Å²) in [6, 6.07) is 0.560. The summed E-state index contributed by atoms with van der Waals surface area (Å²) in [7, 11) is 1.70. The minimum Gasteiger partial charge on any atom is -0.383 e. The van der Waals surface area contributed by atoms with Crippen molar-refractivity contribution in [1.82, 2.24) is 15.0 Å². The second kappa shape index (κ2) is 4.40. The Balaban J connectivity index is 2.11. The van der Waals surface area contributed by atoms with E-state index >= 15 is 0 Å². The first-order valence-electron chi connectivity index (χ1n) is 4.86. The molecule has 1 aliphatic carbocycles. The highest BCUT2D eigenvalue weighted by atomic mass is 79.9. The van der Waals surface area contributed by atoms with Gasteiger partial charge < -0.3 is 4.74 Å². The normalized spacial score (nSPS) is 19.3. The van der Waals surface area contributed by atoms with E-state index < -0.39 is 0 Å². The van der Waals surface area contributed by atoms with Crippen LogP contribution in [0.2, 0.25) is 0 Å². The quantitative estimate of drug-likeness (QED) is 0.778. The van der Waals surface area contributed by atoms with Crippen LogP contribution < -0.4 is 0 Å². The fourth-order valence-electron chi connectivity index (χ4n) is 1.62. The Labute approximate surface area is 91.8 Å². The lowest BCUT2D eigenvalue weighted by atomic mass is 9.93. The lowest BCUT2D eigenvalue weighted by molar-refractivity contribution is 0.195. The maximum absolute atomic E-state index is 5.10. The van der Waals surface area contributed by atoms with Crippen LogP contribution in [0.25, 0.3) is 0 Å². The number of halogens is 1. The molecule has 1 aromatic heterocycles. The van der Waals surface area contributed by atoms with Gasteiger partial charge in [0.2, 0.25) is 0 Å². The average molecular weight is 260 g/mol. The molecule has 0 aromatic carbocycles. The molecule has 4 nitrogen and oxygen atoms in total. The first-order valence-corrected chi connectivity index (χ1v) is 5.77. The molecule has 1 heterocycles. The van der Waals surface area contributed by atoms with E-state index in [1.54, 1.807) is 7.11 Å². The van der Waals surface area contributed by atoms with Gasteiger partial charge in [0.05, 0.1) is 29.4 Å². The summed E-state index contributed by atoms with van der Waals surface area (Å²) in [5.41, 5.74) is 1.12. The molecule has 14 heavy (non-hydrogen) atoms. The van der Waals surface area contributed by atoms with Crippen molar-refractivity contribution < 1.29 is 4.74 Å². The van der Waals surface area contributed by atoms with E-state index in [0.29, 0.717) is 12.6 Å². The van der Waals surface area contributed by atoms with Crippen LogP contribution in [-0.4, -0.2) is 28.7 Å². The van der Waals surface area contributed by atoms with Gasteiger partial charge in [-0.2, -0.15) is 0 Å². The lowest BCUT2D eigenvalue weighted by Crippen LogP contribution is -2.21. The molecule has 0 bridgehead atoms. The van der Waals surface area contributed by atoms with Crippen molar-refractivity contribution in [1.29, 1.82) is 0 Å². The van der Waals surface area contributed by atoms with Gasteiger partial charge in [-0.05, 0) is 19.3 Å². The summed E-state index contributed by atoms with van der Waals surface area (Å²) >= 11 is 3.57. The standard InChI is InChI=1S/C9H14BrN3O/c1-14-6-8(10)9-5-11-12-13(9)7-3-2-4-7/h5,7-8H,2-4,6H2,1H3. The summed E-state index contributed by atoms with van der Waals surface area (Å²) in [5, 5.41) is 8.08. The topological polar surface area (TPSA) is 39.9 Å². The van der Waals surface area contributed by atoms with Gasteiger partial charge in [-0.1, -0.05) is 21.1 Å². The summed E-state index contributed by atoms with van der Waals surface area (Å²) in [4.78, 5) is 0.197. The number of hydrogen-bond donors (Lipinski definition) is 0. The fourth-order valence-corrected chi connectivity index (χ4v) is 2.21. The number of methoxy groups -OCH3 is 1. The third-order valence-corrected chi connectivity index (χ3v) is 3.39. The van der Waals surface area contributed by atoms with Crippen LogP contribution in [0.15, 0.2) is 6.20 Å². The van der Waals surface area contributed by atoms with Gasteiger partial charge in [-0.25, -0.2) is 4.68 Å². The van der Waals surface area contributed by atoms with E-state index in [1.807, 2.05) is 10.9 Å². The van der Waals surface area contributed by atoms with Crippen LogP contribution in [-0.2, 0) is 4.74 Å². The Hall–Kier alpha value is -0.420. The second-order valence-electron chi connectivity index (χ2n) is 3.61. The minimum atomic E-state index is 0.197. The van der Waals surface area contributed by atoms with Crippen molar-refractivity contribution in [3.05, 3.63) is 11.9 Å². The van der Waals surface area contributed by atoms with Crippen molar-refractivity contribution >= 4 is 15.9 Å². The molecule has 0 amide bonds. The van der Waals surface area contributed by atoms with Crippen LogP contribution >= 0.6 is 15.9 Å². The molecule has 0 saturated heterocycles. The number of hydrogen-bond acceptors (Lipinski definition) is 3. The zero-order valence-electron chi connectivity index (χ0n) is 8.19. The number of nitrogens with zero attached hydrogens (tertiary/aromatic N) is 3. The summed E-state index contributed by atoms with van der Waals surface area (Å²) < 4.78 is 7.13. The number of rotatable bonds is 4. The highest BCUT2D eigenvalue weighted by Crippen LogP contribution is 2.34. The van der Waals surface area contributed by atoms with E-state index in [1.165, 1.54) is 19.3 Å². The molecular weight excluding hydrogens is 246 g/mol. The summed E-state index contributed by atoms with van der Waals surface area (Å²) in [6.07, 6.45) is 5.57. The SMILES string of the molecule is COCC(Br)c1cnnn1C1CCC1. The second-order valence-corrected chi connectivity index (χ2v) is 4.72. The molecule has 1 fully saturated rings. The fraction of sp³-hybridized carbons (Fsp3) is 0.778. The first-order chi connectivity index (χ1) is 6.83. The van der Waals surface area contributed by atoms with Crippen LogP contribution in [0, 0.1) is 0 Å². The van der Waals surface area contributed by atoms with Crippen molar-refractivity contribution in [3.63, 3.8) is 0 Å². The molecule has 1 unspecified atom stereocenters. The molecule has 78 valence electrons. The van der Waals surface area contributed by atoms with Crippen LogP contribution in [0.1, 0.15) is 35.8 Å². The van der Waals surface area contributed by atoms with E-state index in [2.05, 4.69) is 26.2 Å². The number of alkyl halides is 1. The van der Waals surface area contributed by atoms with Crippen LogP contribution in [0.5, 0.6) is 0 Å². The molecule has 5 heteroatoms. The van der Waals surface area contributed by atoms with E-state index in [9.17, 15) is 0 Å². The van der Waals surface area contributed by atoms with Gasteiger partial charge in [-0.15, -0.1) is 5.10 Å². The molecule has 0 N–H and O–H groups in total. The van der Waals surface area contributed by atoms with Crippen LogP contribution in [0.3, 0.4) is 0 Å². The molecule has 1 aromatic rings. The molecule has 0 spiro atoms. The predicted molar refractivity (Wildman–Crippen MR) is 56.5 cm³/mol. The van der Waals surface area contributed by atoms with Crippen molar-refractivity contribution in [2.24, 2.45) is 0 Å². The minimum absolute atomic E-state index is 0.197. The molecule has 1 atom stereocenters. The predicted octanol–water partition coefficient (Wildman–Crippen LogP) is 2.09. The van der Waals surface area contributed by atoms with E-state index in [-0.39, 0.29) is 4.83 Å². The van der Waals surface area contributed by atoms with Crippen LogP contribution in [0.4, 0.5) is 0 Å². The highest BCUT2D eigenvalue weighted by Gasteiger charge is 2.25. The third-order valence-electron chi connectivity index (χ3n) is 2.66.